The lowest BCUT2D eigenvalue weighted by atomic mass is 10.2. The van der Waals surface area contributed by atoms with Gasteiger partial charge in [-0.3, -0.25) is 10.1 Å². The SMILES string of the molecule is COCCn1cc(-c2nc3c(N4CCOCC4)cc(N/N=C/c4cccc(C)c4)nc3n2C)cn1. The van der Waals surface area contributed by atoms with Gasteiger partial charge in [-0.25, -0.2) is 9.97 Å². The molecule has 10 nitrogen and oxygen atoms in total. The lowest BCUT2D eigenvalue weighted by molar-refractivity contribution is 0.123. The largest absolute Gasteiger partial charge is 0.383 e. The first kappa shape index (κ1) is 23.0. The highest BCUT2D eigenvalue weighted by Gasteiger charge is 2.21. The van der Waals surface area contributed by atoms with Crippen LogP contribution in [-0.4, -0.2) is 70.6 Å². The molecule has 1 aliphatic heterocycles. The summed E-state index contributed by atoms with van der Waals surface area (Å²) in [5, 5.41) is 8.89. The van der Waals surface area contributed by atoms with Crippen molar-refractivity contribution in [2.45, 2.75) is 13.5 Å². The third-order valence-corrected chi connectivity index (χ3v) is 6.01. The Morgan fingerprint density at radius 1 is 1.20 bits per heavy atom. The number of nitrogens with one attached hydrogen (secondary N) is 1. The van der Waals surface area contributed by atoms with Gasteiger partial charge in [-0.1, -0.05) is 29.8 Å². The van der Waals surface area contributed by atoms with Gasteiger partial charge in [0.15, 0.2) is 11.5 Å². The zero-order valence-electron chi connectivity index (χ0n) is 20.3. The van der Waals surface area contributed by atoms with Gasteiger partial charge in [0.2, 0.25) is 0 Å². The molecule has 1 fully saturated rings. The van der Waals surface area contributed by atoms with E-state index in [0.29, 0.717) is 32.2 Å². The zero-order valence-corrected chi connectivity index (χ0v) is 20.3. The number of benzene rings is 1. The maximum atomic E-state index is 5.58. The third-order valence-electron chi connectivity index (χ3n) is 6.01. The van der Waals surface area contributed by atoms with Crippen molar-refractivity contribution < 1.29 is 9.47 Å². The van der Waals surface area contributed by atoms with Crippen molar-refractivity contribution in [3.8, 4) is 11.4 Å². The van der Waals surface area contributed by atoms with Crippen LogP contribution in [0.5, 0.6) is 0 Å². The second-order valence-electron chi connectivity index (χ2n) is 8.56. The van der Waals surface area contributed by atoms with Crippen molar-refractivity contribution in [2.24, 2.45) is 12.1 Å². The first-order valence-corrected chi connectivity index (χ1v) is 11.7. The van der Waals surface area contributed by atoms with Crippen LogP contribution in [-0.2, 0) is 23.1 Å². The van der Waals surface area contributed by atoms with Gasteiger partial charge in [0.1, 0.15) is 11.3 Å². The highest BCUT2D eigenvalue weighted by Crippen LogP contribution is 2.32. The summed E-state index contributed by atoms with van der Waals surface area (Å²) in [6.07, 6.45) is 5.62. The van der Waals surface area contributed by atoms with Gasteiger partial charge >= 0.3 is 0 Å². The predicted octanol–water partition coefficient (Wildman–Crippen LogP) is 3.07. The van der Waals surface area contributed by atoms with E-state index in [4.69, 9.17) is 19.4 Å². The fourth-order valence-electron chi connectivity index (χ4n) is 4.20. The van der Waals surface area contributed by atoms with Gasteiger partial charge < -0.3 is 18.9 Å². The number of nitrogens with zero attached hydrogens (tertiary/aromatic N) is 7. The first-order chi connectivity index (χ1) is 17.1. The number of methoxy groups -OCH3 is 1. The van der Waals surface area contributed by atoms with E-state index < -0.39 is 0 Å². The van der Waals surface area contributed by atoms with E-state index in [1.54, 1.807) is 13.3 Å². The molecule has 5 rings (SSSR count). The number of hydrogen-bond donors (Lipinski definition) is 1. The standard InChI is InChI=1S/C25H30N8O2/c1-18-5-4-6-19(13-18)15-26-30-22-14-21(32-7-11-35-12-8-32)23-25(28-22)31(2)24(29-23)20-16-27-33(17-20)9-10-34-3/h4-6,13-17H,7-12H2,1-3H3,(H,28,30)/b26-15+. The van der Waals surface area contributed by atoms with Crippen LogP contribution < -0.4 is 10.3 Å². The van der Waals surface area contributed by atoms with E-state index in [1.165, 1.54) is 5.56 Å². The summed E-state index contributed by atoms with van der Waals surface area (Å²) in [4.78, 5) is 12.1. The molecule has 4 aromatic rings. The number of hydrogen-bond acceptors (Lipinski definition) is 8. The number of pyridine rings is 1. The number of morpholine rings is 1. The topological polar surface area (TPSA) is 94.6 Å². The number of anilines is 2. The average Bonchev–Trinajstić information content (AvgIpc) is 3.47. The molecule has 0 atom stereocenters. The number of hydrazone groups is 1. The fraction of sp³-hybridized carbons (Fsp3) is 0.360. The second-order valence-corrected chi connectivity index (χ2v) is 8.56. The van der Waals surface area contributed by atoms with Crippen LogP contribution in [0, 0.1) is 6.92 Å². The van der Waals surface area contributed by atoms with Crippen molar-refractivity contribution in [2.75, 3.05) is 50.3 Å². The van der Waals surface area contributed by atoms with Crippen molar-refractivity contribution in [1.82, 2.24) is 24.3 Å². The van der Waals surface area contributed by atoms with E-state index in [-0.39, 0.29) is 0 Å². The van der Waals surface area contributed by atoms with Crippen LogP contribution in [0.2, 0.25) is 0 Å². The summed E-state index contributed by atoms with van der Waals surface area (Å²) in [5.74, 6) is 1.47. The van der Waals surface area contributed by atoms with Crippen LogP contribution in [0.1, 0.15) is 11.1 Å². The Balaban J connectivity index is 1.51. The van der Waals surface area contributed by atoms with Crippen LogP contribution in [0.25, 0.3) is 22.6 Å². The minimum atomic E-state index is 0.602. The predicted molar refractivity (Wildman–Crippen MR) is 137 cm³/mol. The molecular weight excluding hydrogens is 444 g/mol. The summed E-state index contributed by atoms with van der Waals surface area (Å²) < 4.78 is 14.6. The maximum Gasteiger partial charge on any atom is 0.164 e. The quantitative estimate of drug-likeness (QED) is 0.310. The Bertz CT molecular complexity index is 1340. The normalized spacial score (nSPS) is 14.3. The van der Waals surface area contributed by atoms with Gasteiger partial charge in [0.25, 0.3) is 0 Å². The van der Waals surface area contributed by atoms with E-state index in [2.05, 4.69) is 39.6 Å². The molecule has 35 heavy (non-hydrogen) atoms. The molecule has 10 heteroatoms. The van der Waals surface area contributed by atoms with Gasteiger partial charge in [0.05, 0.1) is 50.0 Å². The number of ether oxygens (including phenoxy) is 2. The average molecular weight is 475 g/mol. The smallest absolute Gasteiger partial charge is 0.164 e. The Morgan fingerprint density at radius 3 is 2.86 bits per heavy atom. The Labute approximate surface area is 204 Å². The van der Waals surface area contributed by atoms with E-state index >= 15 is 0 Å². The van der Waals surface area contributed by atoms with Gasteiger partial charge in [0, 0.05) is 39.5 Å². The molecule has 0 amide bonds. The minimum absolute atomic E-state index is 0.602. The second kappa shape index (κ2) is 10.2. The Hall–Kier alpha value is -3.76. The maximum absolute atomic E-state index is 5.58. The molecule has 1 aliphatic rings. The molecular formula is C25H30N8O2. The summed E-state index contributed by atoms with van der Waals surface area (Å²) in [5.41, 5.74) is 8.91. The molecule has 1 saturated heterocycles. The van der Waals surface area contributed by atoms with E-state index in [0.717, 1.165) is 46.9 Å². The zero-order chi connectivity index (χ0) is 24.2. The molecule has 1 N–H and O–H groups in total. The number of aromatic nitrogens is 5. The highest BCUT2D eigenvalue weighted by atomic mass is 16.5. The molecule has 0 unspecified atom stereocenters. The highest BCUT2D eigenvalue weighted by molar-refractivity contribution is 5.91. The van der Waals surface area contributed by atoms with Crippen molar-refractivity contribution in [3.63, 3.8) is 0 Å². The van der Waals surface area contributed by atoms with Crippen LogP contribution in [0.3, 0.4) is 0 Å². The van der Waals surface area contributed by atoms with E-state index in [1.807, 2.05) is 46.9 Å². The molecule has 3 aromatic heterocycles. The van der Waals surface area contributed by atoms with Crippen molar-refractivity contribution in [1.29, 1.82) is 0 Å². The first-order valence-electron chi connectivity index (χ1n) is 11.7. The summed E-state index contributed by atoms with van der Waals surface area (Å²) in [6, 6.07) is 10.2. The molecule has 182 valence electrons. The summed E-state index contributed by atoms with van der Waals surface area (Å²) in [7, 11) is 3.67. The number of fused-ring (bicyclic) bond motifs is 1. The van der Waals surface area contributed by atoms with Crippen molar-refractivity contribution in [3.05, 3.63) is 53.9 Å². The molecule has 0 saturated carbocycles. The van der Waals surface area contributed by atoms with Gasteiger partial charge in [-0.2, -0.15) is 10.2 Å². The lowest BCUT2D eigenvalue weighted by Gasteiger charge is -2.29. The Kier molecular flexibility index (Phi) is 6.73. The molecule has 0 radical (unpaired) electrons. The lowest BCUT2D eigenvalue weighted by Crippen LogP contribution is -2.36. The van der Waals surface area contributed by atoms with Crippen LogP contribution in [0.4, 0.5) is 11.5 Å². The van der Waals surface area contributed by atoms with Gasteiger partial charge in [-0.05, 0) is 12.5 Å². The summed E-state index contributed by atoms with van der Waals surface area (Å²) in [6.45, 7) is 6.32. The third kappa shape index (κ3) is 5.03. The summed E-state index contributed by atoms with van der Waals surface area (Å²) >= 11 is 0. The van der Waals surface area contributed by atoms with Crippen LogP contribution in [0.15, 0.2) is 47.8 Å². The van der Waals surface area contributed by atoms with Crippen molar-refractivity contribution >= 4 is 28.9 Å². The Morgan fingerprint density at radius 2 is 2.06 bits per heavy atom. The minimum Gasteiger partial charge on any atom is -0.383 e. The van der Waals surface area contributed by atoms with E-state index in [9.17, 15) is 0 Å². The van der Waals surface area contributed by atoms with Crippen LogP contribution >= 0.6 is 0 Å². The molecule has 0 aliphatic carbocycles. The molecule has 0 spiro atoms. The molecule has 1 aromatic carbocycles. The fourth-order valence-corrected chi connectivity index (χ4v) is 4.20. The monoisotopic (exact) mass is 474 g/mol. The van der Waals surface area contributed by atoms with Gasteiger partial charge in [-0.15, -0.1) is 0 Å². The number of imidazole rings is 1. The number of rotatable bonds is 8. The molecule has 0 bridgehead atoms. The number of aryl methyl sites for hydroxylation is 2. The molecule has 4 heterocycles.